The van der Waals surface area contributed by atoms with Gasteiger partial charge in [0.25, 0.3) is 0 Å². The van der Waals surface area contributed by atoms with Crippen molar-refractivity contribution in [2.75, 3.05) is 36.4 Å². The van der Waals surface area contributed by atoms with Crippen LogP contribution in [0.3, 0.4) is 0 Å². The molecule has 0 atom stereocenters. The van der Waals surface area contributed by atoms with Gasteiger partial charge in [0.2, 0.25) is 5.91 Å². The van der Waals surface area contributed by atoms with E-state index in [0.29, 0.717) is 48.2 Å². The fourth-order valence-electron chi connectivity index (χ4n) is 4.23. The van der Waals surface area contributed by atoms with E-state index in [4.69, 9.17) is 11.6 Å². The summed E-state index contributed by atoms with van der Waals surface area (Å²) in [5.74, 6) is 0.550. The Morgan fingerprint density at radius 2 is 1.74 bits per heavy atom. The molecule has 166 valence electrons. The molecule has 6 nitrogen and oxygen atoms in total. The Kier molecular flexibility index (Phi) is 5.92. The largest absolute Gasteiger partial charge is 0.353 e. The van der Waals surface area contributed by atoms with Gasteiger partial charge in [0.15, 0.2) is 11.0 Å². The molecule has 3 heterocycles. The molecule has 8 heteroatoms. The average Bonchev–Trinajstić information content (AvgIpc) is 2.68. The van der Waals surface area contributed by atoms with Crippen molar-refractivity contribution in [2.45, 2.75) is 44.8 Å². The van der Waals surface area contributed by atoms with Crippen LogP contribution in [0.2, 0.25) is 5.15 Å². The van der Waals surface area contributed by atoms with Gasteiger partial charge in [-0.15, -0.1) is 10.2 Å². The predicted molar refractivity (Wildman–Crippen MR) is 121 cm³/mol. The molecule has 0 bridgehead atoms. The van der Waals surface area contributed by atoms with E-state index in [1.807, 2.05) is 4.90 Å². The number of rotatable bonds is 4. The number of amides is 1. The van der Waals surface area contributed by atoms with Crippen LogP contribution in [0.15, 0.2) is 36.4 Å². The van der Waals surface area contributed by atoms with Crippen molar-refractivity contribution in [2.24, 2.45) is 5.92 Å². The van der Waals surface area contributed by atoms with Gasteiger partial charge in [-0.2, -0.15) is 0 Å². The number of hydrogen-bond acceptors (Lipinski definition) is 5. The number of anilines is 2. The highest BCUT2D eigenvalue weighted by Gasteiger charge is 2.39. The molecule has 0 aliphatic carbocycles. The first-order chi connectivity index (χ1) is 14.6. The molecule has 1 N–H and O–H groups in total. The predicted octanol–water partition coefficient (Wildman–Crippen LogP) is 4.26. The van der Waals surface area contributed by atoms with Crippen molar-refractivity contribution in [1.82, 2.24) is 15.1 Å². The van der Waals surface area contributed by atoms with E-state index in [-0.39, 0.29) is 17.4 Å². The second kappa shape index (κ2) is 8.36. The van der Waals surface area contributed by atoms with Crippen LogP contribution in [-0.2, 0) is 10.5 Å². The number of aromatic nitrogens is 2. The number of nitrogens with one attached hydrogen (secondary N) is 1. The van der Waals surface area contributed by atoms with Gasteiger partial charge in [-0.05, 0) is 63.4 Å². The summed E-state index contributed by atoms with van der Waals surface area (Å²) < 4.78 is 15.5. The molecule has 0 unspecified atom stereocenters. The SMILES string of the molecule is CC(C)(C)N1CCC(F)(c2ccc(NC(=O)C3CN(c4ccc(Cl)nn4)C3)cc2)CC1. The number of carbonyl (C=O) groups is 1. The van der Waals surface area contributed by atoms with E-state index in [0.717, 1.165) is 13.1 Å². The number of piperidine rings is 1. The van der Waals surface area contributed by atoms with Crippen molar-refractivity contribution in [3.05, 3.63) is 47.1 Å². The highest BCUT2D eigenvalue weighted by molar-refractivity contribution is 6.29. The zero-order chi connectivity index (χ0) is 22.2. The van der Waals surface area contributed by atoms with Crippen molar-refractivity contribution in [3.63, 3.8) is 0 Å². The monoisotopic (exact) mass is 445 g/mol. The van der Waals surface area contributed by atoms with Crippen LogP contribution < -0.4 is 10.2 Å². The molecule has 31 heavy (non-hydrogen) atoms. The lowest BCUT2D eigenvalue weighted by Gasteiger charge is -2.43. The number of nitrogens with zero attached hydrogens (tertiary/aromatic N) is 4. The molecule has 0 spiro atoms. The van der Waals surface area contributed by atoms with Crippen LogP contribution in [0, 0.1) is 5.92 Å². The minimum Gasteiger partial charge on any atom is -0.353 e. The van der Waals surface area contributed by atoms with E-state index in [1.54, 1.807) is 36.4 Å². The lowest BCUT2D eigenvalue weighted by atomic mass is 9.84. The lowest BCUT2D eigenvalue weighted by molar-refractivity contribution is -0.120. The van der Waals surface area contributed by atoms with Gasteiger partial charge >= 0.3 is 0 Å². The van der Waals surface area contributed by atoms with E-state index in [9.17, 15) is 4.79 Å². The second-order valence-electron chi connectivity index (χ2n) is 9.51. The Balaban J connectivity index is 1.30. The third-order valence-electron chi connectivity index (χ3n) is 6.37. The highest BCUT2D eigenvalue weighted by atomic mass is 35.5. The topological polar surface area (TPSA) is 61.4 Å². The van der Waals surface area contributed by atoms with Gasteiger partial charge in [-0.3, -0.25) is 9.69 Å². The fraction of sp³-hybridized carbons (Fsp3) is 0.522. The van der Waals surface area contributed by atoms with Crippen molar-refractivity contribution >= 4 is 29.0 Å². The molecule has 0 radical (unpaired) electrons. The number of hydrogen-bond donors (Lipinski definition) is 1. The first-order valence-electron chi connectivity index (χ1n) is 10.7. The molecule has 2 aromatic rings. The molecule has 2 saturated heterocycles. The molecule has 1 aromatic carbocycles. The Bertz CT molecular complexity index is 914. The second-order valence-corrected chi connectivity index (χ2v) is 9.89. The van der Waals surface area contributed by atoms with Crippen LogP contribution in [0.5, 0.6) is 0 Å². The Morgan fingerprint density at radius 3 is 2.29 bits per heavy atom. The van der Waals surface area contributed by atoms with Gasteiger partial charge < -0.3 is 10.2 Å². The maximum absolute atomic E-state index is 15.5. The summed E-state index contributed by atoms with van der Waals surface area (Å²) in [6.45, 7) is 9.15. The average molecular weight is 446 g/mol. The van der Waals surface area contributed by atoms with Crippen LogP contribution in [0.4, 0.5) is 15.9 Å². The van der Waals surface area contributed by atoms with E-state index in [2.05, 4.69) is 41.2 Å². The number of likely N-dealkylation sites (tertiary alicyclic amines) is 1. The molecule has 4 rings (SSSR count). The van der Waals surface area contributed by atoms with Gasteiger partial charge in [-0.25, -0.2) is 4.39 Å². The highest BCUT2D eigenvalue weighted by Crippen LogP contribution is 2.39. The molecule has 1 aromatic heterocycles. The summed E-state index contributed by atoms with van der Waals surface area (Å²) in [7, 11) is 0. The maximum atomic E-state index is 15.5. The normalized spacial score (nSPS) is 19.7. The van der Waals surface area contributed by atoms with Crippen LogP contribution in [0.1, 0.15) is 39.2 Å². The number of halogens is 2. The molecular formula is C23H29ClFN5O. The molecular weight excluding hydrogens is 417 g/mol. The van der Waals surface area contributed by atoms with Crippen molar-refractivity contribution in [1.29, 1.82) is 0 Å². The standard InChI is InChI=1S/C23H29ClFN5O/c1-22(2,3)30-12-10-23(25,11-13-30)17-4-6-18(7-5-17)26-21(31)16-14-29(15-16)20-9-8-19(24)27-28-20/h4-9,16H,10-15H2,1-3H3,(H,26,31). The molecule has 1 amide bonds. The van der Waals surface area contributed by atoms with Crippen molar-refractivity contribution in [3.8, 4) is 0 Å². The Morgan fingerprint density at radius 1 is 1.10 bits per heavy atom. The van der Waals surface area contributed by atoms with Gasteiger partial charge in [-0.1, -0.05) is 23.7 Å². The summed E-state index contributed by atoms with van der Waals surface area (Å²) in [5.41, 5.74) is 0.134. The van der Waals surface area contributed by atoms with Crippen LogP contribution in [-0.4, -0.2) is 52.7 Å². The smallest absolute Gasteiger partial charge is 0.231 e. The first kappa shape index (κ1) is 22.0. The quantitative estimate of drug-likeness (QED) is 0.761. The third-order valence-corrected chi connectivity index (χ3v) is 6.57. The van der Waals surface area contributed by atoms with Gasteiger partial charge in [0, 0.05) is 37.4 Å². The number of benzene rings is 1. The van der Waals surface area contributed by atoms with E-state index >= 15 is 4.39 Å². The fourth-order valence-corrected chi connectivity index (χ4v) is 4.33. The summed E-state index contributed by atoms with van der Waals surface area (Å²) in [5, 5.41) is 11.1. The summed E-state index contributed by atoms with van der Waals surface area (Å²) in [4.78, 5) is 16.8. The minimum atomic E-state index is -1.31. The summed E-state index contributed by atoms with van der Waals surface area (Å²) >= 11 is 5.76. The van der Waals surface area contributed by atoms with E-state index in [1.165, 1.54) is 0 Å². The zero-order valence-corrected chi connectivity index (χ0v) is 19.0. The Labute approximate surface area is 187 Å². The van der Waals surface area contributed by atoms with Gasteiger partial charge in [0.05, 0.1) is 5.92 Å². The molecule has 2 fully saturated rings. The summed E-state index contributed by atoms with van der Waals surface area (Å²) in [6, 6.07) is 10.7. The van der Waals surface area contributed by atoms with E-state index < -0.39 is 5.67 Å². The first-order valence-corrected chi connectivity index (χ1v) is 11.1. The molecule has 2 aliphatic rings. The summed E-state index contributed by atoms with van der Waals surface area (Å²) in [6.07, 6.45) is 0.975. The lowest BCUT2D eigenvalue weighted by Crippen LogP contribution is -2.52. The molecule has 0 saturated carbocycles. The third kappa shape index (κ3) is 4.83. The van der Waals surface area contributed by atoms with Crippen molar-refractivity contribution < 1.29 is 9.18 Å². The number of alkyl halides is 1. The zero-order valence-electron chi connectivity index (χ0n) is 18.2. The maximum Gasteiger partial charge on any atom is 0.231 e. The van der Waals surface area contributed by atoms with Gasteiger partial charge in [0.1, 0.15) is 5.67 Å². The van der Waals surface area contributed by atoms with Crippen LogP contribution >= 0.6 is 11.6 Å². The molecule has 2 aliphatic heterocycles. The van der Waals surface area contributed by atoms with Crippen LogP contribution in [0.25, 0.3) is 0 Å². The Hall–Kier alpha value is -2.25. The number of carbonyl (C=O) groups excluding carboxylic acids is 1. The minimum absolute atomic E-state index is 0.0423.